The second-order valence-electron chi connectivity index (χ2n) is 5.77. The van der Waals surface area contributed by atoms with E-state index in [4.69, 9.17) is 4.74 Å². The highest BCUT2D eigenvalue weighted by atomic mass is 32.1. The lowest BCUT2D eigenvalue weighted by molar-refractivity contribution is 0.415. The molecule has 0 spiro atoms. The molecule has 0 aliphatic rings. The molecule has 2 aromatic heterocycles. The third-order valence-corrected chi connectivity index (χ3v) is 5.11. The third-order valence-electron chi connectivity index (χ3n) is 3.88. The van der Waals surface area contributed by atoms with E-state index >= 15 is 0 Å². The van der Waals surface area contributed by atoms with Crippen LogP contribution in [0.1, 0.15) is 37.4 Å². The number of methoxy groups -OCH3 is 1. The van der Waals surface area contributed by atoms with Crippen LogP contribution < -0.4 is 10.3 Å². The first kappa shape index (κ1) is 15.7. The van der Waals surface area contributed by atoms with Crippen molar-refractivity contribution in [3.05, 3.63) is 45.3 Å². The van der Waals surface area contributed by atoms with Crippen LogP contribution in [0.25, 0.3) is 21.3 Å². The highest BCUT2D eigenvalue weighted by Gasteiger charge is 2.19. The van der Waals surface area contributed by atoms with Crippen LogP contribution in [0.2, 0.25) is 0 Å². The van der Waals surface area contributed by atoms with Crippen LogP contribution in [0.3, 0.4) is 0 Å². The van der Waals surface area contributed by atoms with E-state index in [1.165, 1.54) is 4.88 Å². The number of H-pyrrole nitrogens is 1. The predicted octanol–water partition coefficient (Wildman–Crippen LogP) is 4.35. The monoisotopic (exact) mass is 328 g/mol. The molecule has 0 aliphatic carbocycles. The van der Waals surface area contributed by atoms with Gasteiger partial charge in [0, 0.05) is 16.4 Å². The molecule has 3 aromatic rings. The van der Waals surface area contributed by atoms with Gasteiger partial charge in [-0.25, -0.2) is 4.98 Å². The minimum Gasteiger partial charge on any atom is -0.497 e. The highest BCUT2D eigenvalue weighted by molar-refractivity contribution is 7.19. The summed E-state index contributed by atoms with van der Waals surface area (Å²) in [6, 6.07) is 7.83. The largest absolute Gasteiger partial charge is 0.497 e. The summed E-state index contributed by atoms with van der Waals surface area (Å²) in [6.07, 6.45) is 0.865. The molecule has 0 bridgehead atoms. The molecule has 0 unspecified atom stereocenters. The summed E-state index contributed by atoms with van der Waals surface area (Å²) in [5.41, 5.74) is 1.92. The number of rotatable bonds is 4. The van der Waals surface area contributed by atoms with Gasteiger partial charge in [-0.3, -0.25) is 4.79 Å². The number of nitrogens with zero attached hydrogens (tertiary/aromatic N) is 1. The summed E-state index contributed by atoms with van der Waals surface area (Å²) in [6.45, 7) is 6.16. The lowest BCUT2D eigenvalue weighted by atomic mass is 10.0. The van der Waals surface area contributed by atoms with Gasteiger partial charge in [0.15, 0.2) is 0 Å². The number of nitrogens with one attached hydrogen (secondary N) is 1. The average Bonchev–Trinajstić information content (AvgIpc) is 2.94. The molecule has 0 fully saturated rings. The number of benzene rings is 1. The normalized spacial score (nSPS) is 11.3. The van der Waals surface area contributed by atoms with Gasteiger partial charge in [-0.1, -0.05) is 32.9 Å². The molecule has 23 heavy (non-hydrogen) atoms. The van der Waals surface area contributed by atoms with E-state index in [1.54, 1.807) is 18.4 Å². The molecule has 1 aromatic carbocycles. The van der Waals surface area contributed by atoms with Crippen LogP contribution in [0.4, 0.5) is 0 Å². The molecular weight excluding hydrogens is 308 g/mol. The van der Waals surface area contributed by atoms with Crippen LogP contribution in [0, 0.1) is 0 Å². The summed E-state index contributed by atoms with van der Waals surface area (Å²) in [5, 5.41) is 0.685. The van der Waals surface area contributed by atoms with Gasteiger partial charge < -0.3 is 9.72 Å². The smallest absolute Gasteiger partial charge is 0.260 e. The average molecular weight is 328 g/mol. The Morgan fingerprint density at radius 1 is 1.35 bits per heavy atom. The second-order valence-corrected chi connectivity index (χ2v) is 6.86. The molecule has 0 atom stereocenters. The van der Waals surface area contributed by atoms with E-state index in [1.807, 2.05) is 38.1 Å². The van der Waals surface area contributed by atoms with Crippen molar-refractivity contribution in [2.24, 2.45) is 0 Å². The van der Waals surface area contributed by atoms with Crippen molar-refractivity contribution < 1.29 is 4.74 Å². The first-order valence-electron chi connectivity index (χ1n) is 7.75. The number of thiophene rings is 1. The van der Waals surface area contributed by atoms with Gasteiger partial charge in [-0.15, -0.1) is 11.3 Å². The maximum atomic E-state index is 12.7. The van der Waals surface area contributed by atoms with Crippen LogP contribution in [-0.4, -0.2) is 17.1 Å². The molecule has 5 heteroatoms. The first-order chi connectivity index (χ1) is 11.0. The molecule has 0 aliphatic heterocycles. The Morgan fingerprint density at radius 3 is 2.78 bits per heavy atom. The fourth-order valence-corrected chi connectivity index (χ4v) is 3.82. The van der Waals surface area contributed by atoms with Gasteiger partial charge in [-0.05, 0) is 24.1 Å². The quantitative estimate of drug-likeness (QED) is 0.775. The molecule has 0 radical (unpaired) electrons. The van der Waals surface area contributed by atoms with Crippen LogP contribution >= 0.6 is 11.3 Å². The number of ether oxygens (including phenoxy) is 1. The van der Waals surface area contributed by atoms with Crippen molar-refractivity contribution in [1.82, 2.24) is 9.97 Å². The van der Waals surface area contributed by atoms with E-state index in [-0.39, 0.29) is 11.5 Å². The van der Waals surface area contributed by atoms with Gasteiger partial charge in [0.05, 0.1) is 12.5 Å². The Morgan fingerprint density at radius 2 is 2.13 bits per heavy atom. The second kappa shape index (κ2) is 6.16. The zero-order chi connectivity index (χ0) is 16.6. The zero-order valence-corrected chi connectivity index (χ0v) is 14.6. The predicted molar refractivity (Wildman–Crippen MR) is 95.7 cm³/mol. The van der Waals surface area contributed by atoms with Gasteiger partial charge in [-0.2, -0.15) is 0 Å². The van der Waals surface area contributed by atoms with Gasteiger partial charge in [0.25, 0.3) is 5.56 Å². The number of fused-ring (bicyclic) bond motifs is 1. The molecule has 0 saturated heterocycles. The molecule has 4 nitrogen and oxygen atoms in total. The van der Waals surface area contributed by atoms with E-state index in [9.17, 15) is 4.79 Å². The van der Waals surface area contributed by atoms with Crippen molar-refractivity contribution in [3.63, 3.8) is 0 Å². The van der Waals surface area contributed by atoms with E-state index < -0.39 is 0 Å². The lowest BCUT2D eigenvalue weighted by Gasteiger charge is -2.07. The van der Waals surface area contributed by atoms with Crippen LogP contribution in [-0.2, 0) is 6.42 Å². The molecular formula is C18H20N2O2S. The Balaban J connectivity index is 2.33. The van der Waals surface area contributed by atoms with Crippen LogP contribution in [0.15, 0.2) is 29.1 Å². The number of aromatic nitrogens is 2. The number of hydrogen-bond donors (Lipinski definition) is 1. The summed E-state index contributed by atoms with van der Waals surface area (Å²) >= 11 is 1.61. The van der Waals surface area contributed by atoms with E-state index in [0.29, 0.717) is 5.39 Å². The Bertz CT molecular complexity index is 909. The summed E-state index contributed by atoms with van der Waals surface area (Å²) in [5.74, 6) is 1.72. The molecule has 2 heterocycles. The van der Waals surface area contributed by atoms with Crippen molar-refractivity contribution in [3.8, 4) is 16.9 Å². The first-order valence-corrected chi connectivity index (χ1v) is 8.56. The third kappa shape index (κ3) is 2.77. The molecule has 3 rings (SSSR count). The molecule has 0 saturated carbocycles. The summed E-state index contributed by atoms with van der Waals surface area (Å²) < 4.78 is 5.32. The molecule has 120 valence electrons. The maximum absolute atomic E-state index is 12.7. The molecule has 1 N–H and O–H groups in total. The fraction of sp³-hybridized carbons (Fsp3) is 0.333. The maximum Gasteiger partial charge on any atom is 0.260 e. The SMILES string of the molecule is CCc1sc2nc(C(C)C)[nH]c(=O)c2c1-c1cccc(OC)c1. The minimum absolute atomic E-state index is 0.0625. The molecule has 0 amide bonds. The van der Waals surface area contributed by atoms with Crippen molar-refractivity contribution in [2.45, 2.75) is 33.1 Å². The Labute approximate surface area is 139 Å². The Hall–Kier alpha value is -2.14. The summed E-state index contributed by atoms with van der Waals surface area (Å²) in [4.78, 5) is 22.2. The Kier molecular flexibility index (Phi) is 4.22. The highest BCUT2D eigenvalue weighted by Crippen LogP contribution is 2.37. The number of hydrogen-bond acceptors (Lipinski definition) is 4. The summed E-state index contributed by atoms with van der Waals surface area (Å²) in [7, 11) is 1.65. The minimum atomic E-state index is -0.0625. The van der Waals surface area contributed by atoms with Gasteiger partial charge in [0.1, 0.15) is 16.4 Å². The van der Waals surface area contributed by atoms with Gasteiger partial charge in [0.2, 0.25) is 0 Å². The topological polar surface area (TPSA) is 55.0 Å². The number of aryl methyl sites for hydroxylation is 1. The standard InChI is InChI=1S/C18H20N2O2S/c1-5-13-14(11-7-6-8-12(9-11)22-4)15-17(21)19-16(10(2)3)20-18(15)23-13/h6-10H,5H2,1-4H3,(H,19,20,21). The zero-order valence-electron chi connectivity index (χ0n) is 13.8. The fourth-order valence-electron chi connectivity index (χ4n) is 2.68. The van der Waals surface area contributed by atoms with E-state index in [0.717, 1.165) is 34.0 Å². The van der Waals surface area contributed by atoms with Crippen molar-refractivity contribution >= 4 is 21.6 Å². The lowest BCUT2D eigenvalue weighted by Crippen LogP contribution is -2.12. The number of aromatic amines is 1. The van der Waals surface area contributed by atoms with Crippen molar-refractivity contribution in [2.75, 3.05) is 7.11 Å². The van der Waals surface area contributed by atoms with Gasteiger partial charge >= 0.3 is 0 Å². The van der Waals surface area contributed by atoms with Crippen molar-refractivity contribution in [1.29, 1.82) is 0 Å². The van der Waals surface area contributed by atoms with Crippen LogP contribution in [0.5, 0.6) is 5.75 Å². The van der Waals surface area contributed by atoms with E-state index in [2.05, 4.69) is 16.9 Å².